The lowest BCUT2D eigenvalue weighted by atomic mass is 10.1. The lowest BCUT2D eigenvalue weighted by Crippen LogP contribution is -2.34. The van der Waals surface area contributed by atoms with Gasteiger partial charge >= 0.3 is 5.97 Å². The molecule has 0 saturated heterocycles. The molecule has 0 spiro atoms. The number of benzene rings is 1. The Labute approximate surface area is 120 Å². The topological polar surface area (TPSA) is 46.6 Å². The molecule has 0 bridgehead atoms. The molecule has 0 heterocycles. The normalized spacial score (nSPS) is 10.1. The highest BCUT2D eigenvalue weighted by Crippen LogP contribution is 2.08. The molecule has 0 aliphatic rings. The number of hydrogen-bond donors (Lipinski definition) is 0. The van der Waals surface area contributed by atoms with Crippen molar-refractivity contribution in [2.75, 3.05) is 20.2 Å². The van der Waals surface area contributed by atoms with Gasteiger partial charge < -0.3 is 9.64 Å². The summed E-state index contributed by atoms with van der Waals surface area (Å²) in [6.45, 7) is 3.21. The average Bonchev–Trinajstić information content (AvgIpc) is 2.50. The molecule has 1 amide bonds. The van der Waals surface area contributed by atoms with Crippen molar-refractivity contribution >= 4 is 11.9 Å². The summed E-state index contributed by atoms with van der Waals surface area (Å²) in [5.74, 6) is -0.308. The first kappa shape index (κ1) is 16.2. The van der Waals surface area contributed by atoms with Crippen molar-refractivity contribution in [1.82, 2.24) is 4.90 Å². The number of carbonyl (C=O) groups is 2. The Hall–Kier alpha value is -1.84. The van der Waals surface area contributed by atoms with Gasteiger partial charge in [0.15, 0.2) is 0 Å². The van der Waals surface area contributed by atoms with E-state index in [-0.39, 0.29) is 18.3 Å². The molecule has 0 fully saturated rings. The van der Waals surface area contributed by atoms with Gasteiger partial charge in [0, 0.05) is 18.7 Å². The third-order valence-corrected chi connectivity index (χ3v) is 3.15. The van der Waals surface area contributed by atoms with Crippen LogP contribution in [-0.4, -0.2) is 37.0 Å². The van der Waals surface area contributed by atoms with Crippen molar-refractivity contribution in [2.24, 2.45) is 0 Å². The molecule has 20 heavy (non-hydrogen) atoms. The van der Waals surface area contributed by atoms with Crippen LogP contribution in [0.3, 0.4) is 0 Å². The van der Waals surface area contributed by atoms with Crippen LogP contribution >= 0.6 is 0 Å². The maximum Gasteiger partial charge on any atom is 0.307 e. The van der Waals surface area contributed by atoms with E-state index >= 15 is 0 Å². The highest BCUT2D eigenvalue weighted by atomic mass is 16.5. The fourth-order valence-corrected chi connectivity index (χ4v) is 1.96. The monoisotopic (exact) mass is 277 g/mol. The van der Waals surface area contributed by atoms with Gasteiger partial charge in [-0.05, 0) is 18.6 Å². The Morgan fingerprint density at radius 2 is 1.80 bits per heavy atom. The standard InChI is InChI=1S/C16H23NO3/c1-3-4-8-12-17(13-11-15(18)20-2)16(19)14-9-6-5-7-10-14/h5-7,9-10H,3-4,8,11-13H2,1-2H3. The van der Waals surface area contributed by atoms with E-state index in [1.165, 1.54) is 7.11 Å². The number of carbonyl (C=O) groups excluding carboxylic acids is 2. The molecule has 0 radical (unpaired) electrons. The molecule has 0 unspecified atom stereocenters. The van der Waals surface area contributed by atoms with Gasteiger partial charge in [-0.3, -0.25) is 9.59 Å². The minimum atomic E-state index is -0.286. The molecule has 0 aromatic heterocycles. The summed E-state index contributed by atoms with van der Waals surface area (Å²) >= 11 is 0. The molecule has 1 rings (SSSR count). The van der Waals surface area contributed by atoms with E-state index in [4.69, 9.17) is 0 Å². The molecule has 1 aromatic rings. The molecule has 1 aromatic carbocycles. The molecule has 0 saturated carbocycles. The number of hydrogen-bond acceptors (Lipinski definition) is 3. The zero-order valence-electron chi connectivity index (χ0n) is 12.3. The Kier molecular flexibility index (Phi) is 7.40. The van der Waals surface area contributed by atoms with Gasteiger partial charge in [0.2, 0.25) is 0 Å². The number of esters is 1. The second-order valence-electron chi connectivity index (χ2n) is 4.69. The van der Waals surface area contributed by atoms with Crippen molar-refractivity contribution in [1.29, 1.82) is 0 Å². The quantitative estimate of drug-likeness (QED) is 0.542. The van der Waals surface area contributed by atoms with Crippen LogP contribution in [0.15, 0.2) is 30.3 Å². The molecule has 0 aliphatic carbocycles. The van der Waals surface area contributed by atoms with Crippen LogP contribution in [0.25, 0.3) is 0 Å². The summed E-state index contributed by atoms with van der Waals surface area (Å²) in [5, 5.41) is 0. The van der Waals surface area contributed by atoms with E-state index in [2.05, 4.69) is 11.7 Å². The second kappa shape index (κ2) is 9.13. The van der Waals surface area contributed by atoms with Gasteiger partial charge in [0.25, 0.3) is 5.91 Å². The summed E-state index contributed by atoms with van der Waals surface area (Å²) < 4.78 is 4.63. The number of nitrogens with zero attached hydrogens (tertiary/aromatic N) is 1. The van der Waals surface area contributed by atoms with Crippen molar-refractivity contribution in [3.05, 3.63) is 35.9 Å². The van der Waals surface area contributed by atoms with Crippen LogP contribution in [0.1, 0.15) is 43.0 Å². The largest absolute Gasteiger partial charge is 0.469 e. The Morgan fingerprint density at radius 1 is 1.10 bits per heavy atom. The maximum atomic E-state index is 12.4. The van der Waals surface area contributed by atoms with Gasteiger partial charge in [-0.2, -0.15) is 0 Å². The number of ether oxygens (including phenoxy) is 1. The smallest absolute Gasteiger partial charge is 0.307 e. The van der Waals surface area contributed by atoms with Gasteiger partial charge in [-0.25, -0.2) is 0 Å². The van der Waals surface area contributed by atoms with E-state index in [0.29, 0.717) is 18.7 Å². The predicted molar refractivity (Wildman–Crippen MR) is 78.5 cm³/mol. The maximum absolute atomic E-state index is 12.4. The Morgan fingerprint density at radius 3 is 2.40 bits per heavy atom. The fourth-order valence-electron chi connectivity index (χ4n) is 1.96. The van der Waals surface area contributed by atoms with Gasteiger partial charge in [-0.1, -0.05) is 38.0 Å². The summed E-state index contributed by atoms with van der Waals surface area (Å²) in [6, 6.07) is 9.17. The predicted octanol–water partition coefficient (Wildman–Crippen LogP) is 2.88. The van der Waals surface area contributed by atoms with Crippen LogP contribution < -0.4 is 0 Å². The molecule has 0 atom stereocenters. The van der Waals surface area contributed by atoms with E-state index in [1.807, 2.05) is 18.2 Å². The zero-order chi connectivity index (χ0) is 14.8. The number of methoxy groups -OCH3 is 1. The van der Waals surface area contributed by atoms with Gasteiger partial charge in [-0.15, -0.1) is 0 Å². The molecular weight excluding hydrogens is 254 g/mol. The molecule has 0 N–H and O–H groups in total. The lowest BCUT2D eigenvalue weighted by molar-refractivity contribution is -0.140. The van der Waals surface area contributed by atoms with Crippen molar-refractivity contribution < 1.29 is 14.3 Å². The first-order valence-electron chi connectivity index (χ1n) is 7.10. The highest BCUT2D eigenvalue weighted by Gasteiger charge is 2.16. The third kappa shape index (κ3) is 5.43. The summed E-state index contributed by atoms with van der Waals surface area (Å²) in [5.41, 5.74) is 0.661. The SMILES string of the molecule is CCCCCN(CCC(=O)OC)C(=O)c1ccccc1. The number of rotatable bonds is 8. The minimum absolute atomic E-state index is 0.0226. The highest BCUT2D eigenvalue weighted by molar-refractivity contribution is 5.94. The van der Waals surface area contributed by atoms with Crippen molar-refractivity contribution in [3.63, 3.8) is 0 Å². The van der Waals surface area contributed by atoms with E-state index < -0.39 is 0 Å². The second-order valence-corrected chi connectivity index (χ2v) is 4.69. The van der Waals surface area contributed by atoms with Crippen molar-refractivity contribution in [2.45, 2.75) is 32.6 Å². The van der Waals surface area contributed by atoms with Crippen LogP contribution in [0, 0.1) is 0 Å². The number of amides is 1. The lowest BCUT2D eigenvalue weighted by Gasteiger charge is -2.22. The zero-order valence-corrected chi connectivity index (χ0v) is 12.3. The molecule has 0 aliphatic heterocycles. The van der Waals surface area contributed by atoms with Crippen LogP contribution in [0.5, 0.6) is 0 Å². The Bertz CT molecular complexity index is 417. The van der Waals surface area contributed by atoms with Crippen LogP contribution in [0.4, 0.5) is 0 Å². The Balaban J connectivity index is 2.65. The number of unbranched alkanes of at least 4 members (excludes halogenated alkanes) is 2. The van der Waals surface area contributed by atoms with E-state index in [9.17, 15) is 9.59 Å². The first-order valence-corrected chi connectivity index (χ1v) is 7.10. The molecule has 4 nitrogen and oxygen atoms in total. The van der Waals surface area contributed by atoms with Crippen LogP contribution in [0.2, 0.25) is 0 Å². The van der Waals surface area contributed by atoms with E-state index in [1.54, 1.807) is 17.0 Å². The minimum Gasteiger partial charge on any atom is -0.469 e. The van der Waals surface area contributed by atoms with Crippen molar-refractivity contribution in [3.8, 4) is 0 Å². The van der Waals surface area contributed by atoms with E-state index in [0.717, 1.165) is 19.3 Å². The van der Waals surface area contributed by atoms with Gasteiger partial charge in [0.1, 0.15) is 0 Å². The molecule has 110 valence electrons. The molecular formula is C16H23NO3. The van der Waals surface area contributed by atoms with Gasteiger partial charge in [0.05, 0.1) is 13.5 Å². The van der Waals surface area contributed by atoms with Crippen LogP contribution in [-0.2, 0) is 9.53 Å². The molecule has 4 heteroatoms. The third-order valence-electron chi connectivity index (χ3n) is 3.15. The summed E-state index contributed by atoms with van der Waals surface area (Å²) in [6.07, 6.45) is 3.37. The average molecular weight is 277 g/mol. The summed E-state index contributed by atoms with van der Waals surface area (Å²) in [4.78, 5) is 25.4. The summed E-state index contributed by atoms with van der Waals surface area (Å²) in [7, 11) is 1.36. The first-order chi connectivity index (χ1) is 9.69. The fraction of sp³-hybridized carbons (Fsp3) is 0.500.